The number of hydrogen-bond acceptors (Lipinski definition) is 4. The average Bonchev–Trinajstić information content (AvgIpc) is 2.87. The second-order valence-corrected chi connectivity index (χ2v) is 5.93. The van der Waals surface area contributed by atoms with Crippen molar-refractivity contribution in [1.82, 2.24) is 15.2 Å². The molecule has 0 aliphatic heterocycles. The first kappa shape index (κ1) is 15.7. The zero-order valence-electron chi connectivity index (χ0n) is 13.2. The van der Waals surface area contributed by atoms with Gasteiger partial charge in [-0.3, -0.25) is 9.88 Å². The average molecular weight is 287 g/mol. The fourth-order valence-electron chi connectivity index (χ4n) is 2.29. The lowest BCUT2D eigenvalue weighted by molar-refractivity contribution is 0.314. The van der Waals surface area contributed by atoms with E-state index in [1.807, 2.05) is 12.3 Å². The minimum Gasteiger partial charge on any atom is -0.468 e. The van der Waals surface area contributed by atoms with Crippen LogP contribution in [-0.2, 0) is 19.6 Å². The Morgan fingerprint density at radius 3 is 2.86 bits per heavy atom. The Labute approximate surface area is 127 Å². The molecule has 0 spiro atoms. The Kier molecular flexibility index (Phi) is 5.96. The molecule has 0 amide bonds. The molecular formula is C17H25N3O. The predicted molar refractivity (Wildman–Crippen MR) is 84.7 cm³/mol. The van der Waals surface area contributed by atoms with Gasteiger partial charge in [0.25, 0.3) is 0 Å². The molecule has 0 aliphatic rings. The van der Waals surface area contributed by atoms with Gasteiger partial charge in [-0.1, -0.05) is 19.9 Å². The highest BCUT2D eigenvalue weighted by Gasteiger charge is 2.09. The standard InChI is InChI=1S/C17H25N3O/c1-14(2)9-19-11-17-16(6-8-21-17)13-20(3)12-15-5-4-7-18-10-15/h4-8,10,14,19H,9,11-13H2,1-3H3. The third kappa shape index (κ3) is 5.33. The van der Waals surface area contributed by atoms with Crippen LogP contribution in [0.25, 0.3) is 0 Å². The van der Waals surface area contributed by atoms with Crippen LogP contribution < -0.4 is 5.32 Å². The SMILES string of the molecule is CC(C)CNCc1occc1CN(C)Cc1cccnc1. The highest BCUT2D eigenvalue weighted by molar-refractivity contribution is 5.17. The Bertz CT molecular complexity index is 522. The van der Waals surface area contributed by atoms with Crippen LogP contribution in [0.15, 0.2) is 41.3 Å². The summed E-state index contributed by atoms with van der Waals surface area (Å²) in [6, 6.07) is 6.14. The molecule has 1 N–H and O–H groups in total. The quantitative estimate of drug-likeness (QED) is 0.810. The molecule has 4 nitrogen and oxygen atoms in total. The van der Waals surface area contributed by atoms with E-state index in [0.29, 0.717) is 5.92 Å². The third-order valence-corrected chi connectivity index (χ3v) is 3.29. The van der Waals surface area contributed by atoms with E-state index >= 15 is 0 Å². The summed E-state index contributed by atoms with van der Waals surface area (Å²) in [5.41, 5.74) is 2.47. The number of aromatic nitrogens is 1. The Hall–Kier alpha value is -1.65. The maximum atomic E-state index is 5.60. The van der Waals surface area contributed by atoms with E-state index in [2.05, 4.69) is 48.2 Å². The maximum absolute atomic E-state index is 5.60. The first-order valence-corrected chi connectivity index (χ1v) is 7.48. The van der Waals surface area contributed by atoms with Crippen LogP contribution in [0.5, 0.6) is 0 Å². The fourth-order valence-corrected chi connectivity index (χ4v) is 2.29. The molecule has 0 aliphatic carbocycles. The van der Waals surface area contributed by atoms with Crippen molar-refractivity contribution < 1.29 is 4.42 Å². The molecular weight excluding hydrogens is 262 g/mol. The summed E-state index contributed by atoms with van der Waals surface area (Å²) in [6.45, 7) is 7.98. The summed E-state index contributed by atoms with van der Waals surface area (Å²) in [5, 5.41) is 3.43. The van der Waals surface area contributed by atoms with Crippen LogP contribution in [0.3, 0.4) is 0 Å². The van der Waals surface area contributed by atoms with Crippen molar-refractivity contribution in [3.8, 4) is 0 Å². The number of rotatable bonds is 8. The molecule has 2 aromatic heterocycles. The van der Waals surface area contributed by atoms with Gasteiger partial charge >= 0.3 is 0 Å². The zero-order chi connectivity index (χ0) is 15.1. The monoisotopic (exact) mass is 287 g/mol. The highest BCUT2D eigenvalue weighted by atomic mass is 16.3. The molecule has 114 valence electrons. The first-order valence-electron chi connectivity index (χ1n) is 7.48. The van der Waals surface area contributed by atoms with Crippen molar-refractivity contribution in [1.29, 1.82) is 0 Å². The number of hydrogen-bond donors (Lipinski definition) is 1. The van der Waals surface area contributed by atoms with E-state index in [-0.39, 0.29) is 0 Å². The Balaban J connectivity index is 1.86. The molecule has 0 bridgehead atoms. The molecule has 0 radical (unpaired) electrons. The van der Waals surface area contributed by atoms with Gasteiger partial charge < -0.3 is 9.73 Å². The summed E-state index contributed by atoms with van der Waals surface area (Å²) in [6.07, 6.45) is 5.49. The van der Waals surface area contributed by atoms with E-state index in [1.165, 1.54) is 11.1 Å². The van der Waals surface area contributed by atoms with Crippen LogP contribution in [0.1, 0.15) is 30.7 Å². The van der Waals surface area contributed by atoms with E-state index in [1.54, 1.807) is 12.5 Å². The smallest absolute Gasteiger partial charge is 0.122 e. The van der Waals surface area contributed by atoms with E-state index in [0.717, 1.165) is 31.9 Å². The van der Waals surface area contributed by atoms with Gasteiger partial charge in [0.05, 0.1) is 12.8 Å². The van der Waals surface area contributed by atoms with Gasteiger partial charge in [-0.15, -0.1) is 0 Å². The number of nitrogens with zero attached hydrogens (tertiary/aromatic N) is 2. The lowest BCUT2D eigenvalue weighted by atomic mass is 10.2. The molecule has 2 aromatic rings. The largest absolute Gasteiger partial charge is 0.468 e. The second-order valence-electron chi connectivity index (χ2n) is 5.93. The van der Waals surface area contributed by atoms with Gasteiger partial charge in [0.15, 0.2) is 0 Å². The molecule has 0 saturated heterocycles. The van der Waals surface area contributed by atoms with Gasteiger partial charge in [0, 0.05) is 31.0 Å². The zero-order valence-corrected chi connectivity index (χ0v) is 13.2. The van der Waals surface area contributed by atoms with E-state index in [4.69, 9.17) is 4.42 Å². The Morgan fingerprint density at radius 2 is 2.14 bits per heavy atom. The fraction of sp³-hybridized carbons (Fsp3) is 0.471. The summed E-state index contributed by atoms with van der Waals surface area (Å²) in [7, 11) is 2.12. The van der Waals surface area contributed by atoms with Crippen LogP contribution >= 0.6 is 0 Å². The predicted octanol–water partition coefficient (Wildman–Crippen LogP) is 3.05. The second kappa shape index (κ2) is 7.96. The topological polar surface area (TPSA) is 41.3 Å². The van der Waals surface area contributed by atoms with E-state index < -0.39 is 0 Å². The van der Waals surface area contributed by atoms with Crippen molar-refractivity contribution in [2.45, 2.75) is 33.5 Å². The normalized spacial score (nSPS) is 11.5. The van der Waals surface area contributed by atoms with Crippen molar-refractivity contribution in [2.75, 3.05) is 13.6 Å². The first-order chi connectivity index (χ1) is 10.1. The molecule has 0 fully saturated rings. The lowest BCUT2D eigenvalue weighted by Crippen LogP contribution is -2.21. The summed E-state index contributed by atoms with van der Waals surface area (Å²) < 4.78 is 5.60. The molecule has 4 heteroatoms. The molecule has 2 rings (SSSR count). The van der Waals surface area contributed by atoms with Crippen molar-refractivity contribution in [3.05, 3.63) is 53.7 Å². The minimum atomic E-state index is 0.650. The summed E-state index contributed by atoms with van der Waals surface area (Å²) >= 11 is 0. The van der Waals surface area contributed by atoms with Gasteiger partial charge in [0.2, 0.25) is 0 Å². The Morgan fingerprint density at radius 1 is 1.29 bits per heavy atom. The van der Waals surface area contributed by atoms with Gasteiger partial charge in [-0.25, -0.2) is 0 Å². The van der Waals surface area contributed by atoms with Crippen molar-refractivity contribution in [3.63, 3.8) is 0 Å². The van der Waals surface area contributed by atoms with Crippen molar-refractivity contribution >= 4 is 0 Å². The number of pyridine rings is 1. The van der Waals surface area contributed by atoms with E-state index in [9.17, 15) is 0 Å². The van der Waals surface area contributed by atoms with Crippen molar-refractivity contribution in [2.24, 2.45) is 5.92 Å². The van der Waals surface area contributed by atoms with Gasteiger partial charge in [0.1, 0.15) is 5.76 Å². The van der Waals surface area contributed by atoms with Crippen LogP contribution in [0, 0.1) is 5.92 Å². The molecule has 21 heavy (non-hydrogen) atoms. The molecule has 0 atom stereocenters. The molecule has 0 saturated carbocycles. The van der Waals surface area contributed by atoms with Crippen LogP contribution in [0.4, 0.5) is 0 Å². The van der Waals surface area contributed by atoms with Crippen LogP contribution in [0.2, 0.25) is 0 Å². The molecule has 2 heterocycles. The van der Waals surface area contributed by atoms with Crippen LogP contribution in [-0.4, -0.2) is 23.5 Å². The highest BCUT2D eigenvalue weighted by Crippen LogP contribution is 2.14. The third-order valence-electron chi connectivity index (χ3n) is 3.29. The number of nitrogens with one attached hydrogen (secondary N) is 1. The molecule has 0 aromatic carbocycles. The minimum absolute atomic E-state index is 0.650. The van der Waals surface area contributed by atoms with Gasteiger partial charge in [-0.05, 0) is 37.2 Å². The lowest BCUT2D eigenvalue weighted by Gasteiger charge is -2.16. The molecule has 0 unspecified atom stereocenters. The van der Waals surface area contributed by atoms with Gasteiger partial charge in [-0.2, -0.15) is 0 Å². The number of furan rings is 1. The maximum Gasteiger partial charge on any atom is 0.122 e. The summed E-state index contributed by atoms with van der Waals surface area (Å²) in [4.78, 5) is 6.43. The summed E-state index contributed by atoms with van der Waals surface area (Å²) in [5.74, 6) is 1.69.